The molecule has 0 bridgehead atoms. The van der Waals surface area contributed by atoms with Crippen LogP contribution in [-0.2, 0) is 13.5 Å². The Morgan fingerprint density at radius 3 is 2.76 bits per heavy atom. The van der Waals surface area contributed by atoms with E-state index in [1.165, 1.54) is 6.20 Å². The third kappa shape index (κ3) is 2.97. The molecule has 0 amide bonds. The minimum atomic E-state index is -0.760. The number of halogens is 2. The lowest BCUT2D eigenvalue weighted by atomic mass is 10.1. The van der Waals surface area contributed by atoms with Gasteiger partial charge in [0, 0.05) is 25.9 Å². The van der Waals surface area contributed by atoms with Crippen LogP contribution >= 0.6 is 23.2 Å². The first kappa shape index (κ1) is 12.4. The van der Waals surface area contributed by atoms with E-state index in [2.05, 4.69) is 10.1 Å². The monoisotopic (exact) mass is 271 g/mol. The first-order chi connectivity index (χ1) is 8.06. The average Bonchev–Trinajstić information content (AvgIpc) is 2.63. The molecule has 0 radical (unpaired) electrons. The second-order valence-corrected chi connectivity index (χ2v) is 4.61. The molecular formula is C11H11Cl2N3O. The third-order valence-corrected chi connectivity index (χ3v) is 2.85. The summed E-state index contributed by atoms with van der Waals surface area (Å²) in [7, 11) is 1.82. The third-order valence-electron chi connectivity index (χ3n) is 2.34. The van der Waals surface area contributed by atoms with Crippen molar-refractivity contribution in [2.24, 2.45) is 7.05 Å². The summed E-state index contributed by atoms with van der Waals surface area (Å²) in [5.41, 5.74) is 1.35. The fraction of sp³-hybridized carbons (Fsp3) is 0.273. The van der Waals surface area contributed by atoms with Crippen LogP contribution in [0.15, 0.2) is 24.7 Å². The Morgan fingerprint density at radius 1 is 1.41 bits per heavy atom. The Bertz CT molecular complexity index is 527. The minimum absolute atomic E-state index is 0.369. The summed E-state index contributed by atoms with van der Waals surface area (Å²) in [4.78, 5) is 4.04. The maximum absolute atomic E-state index is 10.0. The molecule has 0 saturated heterocycles. The van der Waals surface area contributed by atoms with Gasteiger partial charge in [-0.25, -0.2) is 0 Å². The van der Waals surface area contributed by atoms with Crippen molar-refractivity contribution in [1.82, 2.24) is 14.8 Å². The Labute approximate surface area is 109 Å². The second kappa shape index (κ2) is 5.04. The minimum Gasteiger partial charge on any atom is -0.386 e. The van der Waals surface area contributed by atoms with Gasteiger partial charge in [-0.15, -0.1) is 0 Å². The zero-order valence-corrected chi connectivity index (χ0v) is 10.7. The molecule has 0 fully saturated rings. The lowest BCUT2D eigenvalue weighted by molar-refractivity contribution is 0.173. The molecule has 0 aliphatic heterocycles. The van der Waals surface area contributed by atoms with Gasteiger partial charge in [0.1, 0.15) is 6.10 Å². The molecule has 1 N–H and O–H groups in total. The summed E-state index contributed by atoms with van der Waals surface area (Å²) in [5.74, 6) is 0. The molecule has 2 rings (SSSR count). The van der Waals surface area contributed by atoms with Crippen molar-refractivity contribution in [3.63, 3.8) is 0 Å². The molecule has 0 aromatic carbocycles. The topological polar surface area (TPSA) is 50.9 Å². The van der Waals surface area contributed by atoms with E-state index in [1.54, 1.807) is 16.9 Å². The van der Waals surface area contributed by atoms with E-state index >= 15 is 0 Å². The van der Waals surface area contributed by atoms with Crippen molar-refractivity contribution in [2.45, 2.75) is 12.5 Å². The molecule has 6 heteroatoms. The quantitative estimate of drug-likeness (QED) is 0.933. The highest BCUT2D eigenvalue weighted by Gasteiger charge is 2.15. The Hall–Kier alpha value is -1.10. The van der Waals surface area contributed by atoms with Crippen LogP contribution < -0.4 is 0 Å². The van der Waals surface area contributed by atoms with E-state index in [9.17, 15) is 5.11 Å². The number of hydrogen-bond acceptors (Lipinski definition) is 3. The molecule has 2 aromatic heterocycles. The van der Waals surface area contributed by atoms with Crippen LogP contribution in [0.1, 0.15) is 17.4 Å². The first-order valence-electron chi connectivity index (χ1n) is 5.03. The molecule has 0 saturated carbocycles. The highest BCUT2D eigenvalue weighted by atomic mass is 35.5. The van der Waals surface area contributed by atoms with Crippen molar-refractivity contribution in [2.75, 3.05) is 0 Å². The number of aromatic nitrogens is 3. The van der Waals surface area contributed by atoms with Crippen LogP contribution in [0.4, 0.5) is 0 Å². The molecule has 0 aliphatic rings. The van der Waals surface area contributed by atoms with Crippen LogP contribution in [0.3, 0.4) is 0 Å². The molecule has 1 atom stereocenters. The molecule has 0 aliphatic carbocycles. The van der Waals surface area contributed by atoms with E-state index in [1.807, 2.05) is 13.2 Å². The summed E-state index contributed by atoms with van der Waals surface area (Å²) >= 11 is 11.7. The SMILES string of the molecule is Cn1cc(CC(O)c2ncc(Cl)cc2Cl)cn1. The van der Waals surface area contributed by atoms with E-state index < -0.39 is 6.10 Å². The van der Waals surface area contributed by atoms with Crippen molar-refractivity contribution >= 4 is 23.2 Å². The van der Waals surface area contributed by atoms with Crippen LogP contribution in [-0.4, -0.2) is 19.9 Å². The van der Waals surface area contributed by atoms with Crippen molar-refractivity contribution in [3.8, 4) is 0 Å². The number of pyridine rings is 1. The van der Waals surface area contributed by atoms with E-state index in [4.69, 9.17) is 23.2 Å². The summed E-state index contributed by atoms with van der Waals surface area (Å²) in [5, 5.41) is 14.9. The summed E-state index contributed by atoms with van der Waals surface area (Å²) in [6, 6.07) is 1.57. The maximum Gasteiger partial charge on any atom is 0.102 e. The van der Waals surface area contributed by atoms with Gasteiger partial charge in [-0.3, -0.25) is 9.67 Å². The van der Waals surface area contributed by atoms with Gasteiger partial charge in [0.25, 0.3) is 0 Å². The zero-order valence-electron chi connectivity index (χ0n) is 9.14. The summed E-state index contributed by atoms with van der Waals surface area (Å²) in [6.45, 7) is 0. The molecule has 2 aromatic rings. The fourth-order valence-electron chi connectivity index (χ4n) is 1.57. The van der Waals surface area contributed by atoms with Crippen LogP contribution in [0, 0.1) is 0 Å². The summed E-state index contributed by atoms with van der Waals surface area (Å²) in [6.07, 6.45) is 4.67. The molecule has 1 unspecified atom stereocenters. The van der Waals surface area contributed by atoms with Crippen LogP contribution in [0.5, 0.6) is 0 Å². The van der Waals surface area contributed by atoms with Crippen molar-refractivity contribution < 1.29 is 5.11 Å². The van der Waals surface area contributed by atoms with Gasteiger partial charge in [0.2, 0.25) is 0 Å². The number of aryl methyl sites for hydroxylation is 1. The Balaban J connectivity index is 2.17. The van der Waals surface area contributed by atoms with Crippen molar-refractivity contribution in [1.29, 1.82) is 0 Å². The molecule has 4 nitrogen and oxygen atoms in total. The standard InChI is InChI=1S/C11H11Cl2N3O/c1-16-6-7(4-15-16)2-10(17)11-9(13)3-8(12)5-14-11/h3-6,10,17H,2H2,1H3. The summed E-state index contributed by atoms with van der Waals surface area (Å²) < 4.78 is 1.68. The van der Waals surface area contributed by atoms with Gasteiger partial charge in [0.05, 0.1) is 21.9 Å². The number of aliphatic hydroxyl groups excluding tert-OH is 1. The molecule has 0 spiro atoms. The first-order valence-corrected chi connectivity index (χ1v) is 5.78. The highest BCUT2D eigenvalue weighted by molar-refractivity contribution is 6.34. The van der Waals surface area contributed by atoms with Crippen molar-refractivity contribution in [3.05, 3.63) is 46.0 Å². The maximum atomic E-state index is 10.0. The lowest BCUT2D eigenvalue weighted by Gasteiger charge is -2.10. The number of nitrogens with zero attached hydrogens (tertiary/aromatic N) is 3. The van der Waals surface area contributed by atoms with Gasteiger partial charge >= 0.3 is 0 Å². The number of hydrogen-bond donors (Lipinski definition) is 1. The van der Waals surface area contributed by atoms with Crippen LogP contribution in [0.2, 0.25) is 10.0 Å². The fourth-order valence-corrected chi connectivity index (χ4v) is 2.07. The highest BCUT2D eigenvalue weighted by Crippen LogP contribution is 2.25. The smallest absolute Gasteiger partial charge is 0.102 e. The van der Waals surface area contributed by atoms with E-state index in [-0.39, 0.29) is 0 Å². The van der Waals surface area contributed by atoms with E-state index in [0.717, 1.165) is 5.56 Å². The largest absolute Gasteiger partial charge is 0.386 e. The number of rotatable bonds is 3. The van der Waals surface area contributed by atoms with Gasteiger partial charge < -0.3 is 5.11 Å². The van der Waals surface area contributed by atoms with Gasteiger partial charge in [0.15, 0.2) is 0 Å². The zero-order chi connectivity index (χ0) is 12.4. The molecule has 90 valence electrons. The Morgan fingerprint density at radius 2 is 2.18 bits per heavy atom. The molecule has 17 heavy (non-hydrogen) atoms. The van der Waals surface area contributed by atoms with Crippen LogP contribution in [0.25, 0.3) is 0 Å². The Kier molecular flexibility index (Phi) is 3.66. The molecular weight excluding hydrogens is 261 g/mol. The lowest BCUT2D eigenvalue weighted by Crippen LogP contribution is -2.04. The molecule has 2 heterocycles. The predicted octanol–water partition coefficient (Wildman–Crippen LogP) is 2.40. The average molecular weight is 272 g/mol. The predicted molar refractivity (Wildman–Crippen MR) is 66.1 cm³/mol. The van der Waals surface area contributed by atoms with Gasteiger partial charge in [-0.2, -0.15) is 5.10 Å². The van der Waals surface area contributed by atoms with Gasteiger partial charge in [-0.05, 0) is 11.6 Å². The number of aliphatic hydroxyl groups is 1. The van der Waals surface area contributed by atoms with Gasteiger partial charge in [-0.1, -0.05) is 23.2 Å². The van der Waals surface area contributed by atoms with E-state index in [0.29, 0.717) is 22.2 Å². The normalized spacial score (nSPS) is 12.7. The second-order valence-electron chi connectivity index (χ2n) is 3.76.